The Morgan fingerprint density at radius 1 is 1.33 bits per heavy atom. The van der Waals surface area contributed by atoms with E-state index in [-0.39, 0.29) is 11.6 Å². The van der Waals surface area contributed by atoms with Crippen molar-refractivity contribution >= 4 is 17.2 Å². The highest BCUT2D eigenvalue weighted by molar-refractivity contribution is 7.09. The Bertz CT molecular complexity index is 863. The first-order chi connectivity index (χ1) is 11.7. The molecule has 2 heterocycles. The predicted molar refractivity (Wildman–Crippen MR) is 91.9 cm³/mol. The molecule has 0 atom stereocenters. The summed E-state index contributed by atoms with van der Waals surface area (Å²) >= 11 is 1.67. The Kier molecular flexibility index (Phi) is 3.90. The van der Waals surface area contributed by atoms with Gasteiger partial charge in [0.2, 0.25) is 0 Å². The molecule has 24 heavy (non-hydrogen) atoms. The largest absolute Gasteiger partial charge is 0.355 e. The number of benzene rings is 1. The minimum Gasteiger partial charge on any atom is -0.355 e. The van der Waals surface area contributed by atoms with Crippen molar-refractivity contribution in [1.29, 1.82) is 0 Å². The molecule has 3 aromatic rings. The van der Waals surface area contributed by atoms with Crippen molar-refractivity contribution in [1.82, 2.24) is 15.5 Å². The van der Waals surface area contributed by atoms with Gasteiger partial charge in [0.25, 0.3) is 5.91 Å². The normalized spacial score (nSPS) is 13.9. The average Bonchev–Trinajstić information content (AvgIpc) is 3.13. The van der Waals surface area contributed by atoms with Gasteiger partial charge in [-0.1, -0.05) is 35.0 Å². The van der Waals surface area contributed by atoms with Gasteiger partial charge in [0.1, 0.15) is 0 Å². The van der Waals surface area contributed by atoms with Crippen molar-refractivity contribution in [3.63, 3.8) is 0 Å². The lowest BCUT2D eigenvalue weighted by molar-refractivity contribution is 0.0941. The topological polar surface area (TPSA) is 68.0 Å². The second-order valence-corrected chi connectivity index (χ2v) is 6.97. The number of rotatable bonds is 5. The summed E-state index contributed by atoms with van der Waals surface area (Å²) in [6.07, 6.45) is 2.47. The van der Waals surface area contributed by atoms with E-state index < -0.39 is 0 Å². The van der Waals surface area contributed by atoms with Gasteiger partial charge >= 0.3 is 0 Å². The molecule has 1 amide bonds. The summed E-state index contributed by atoms with van der Waals surface area (Å²) in [6.45, 7) is 2.44. The summed E-state index contributed by atoms with van der Waals surface area (Å²) < 4.78 is 5.28. The number of carbonyl (C=O) groups excluding carboxylic acids is 1. The Hall–Kier alpha value is -2.47. The molecule has 1 aliphatic rings. The predicted octanol–water partition coefficient (Wildman–Crippen LogP) is 3.91. The highest BCUT2D eigenvalue weighted by atomic mass is 32.1. The second kappa shape index (κ2) is 6.20. The second-order valence-electron chi connectivity index (χ2n) is 6.08. The Morgan fingerprint density at radius 2 is 2.12 bits per heavy atom. The number of nitrogens with zero attached hydrogens (tertiary/aromatic N) is 2. The minimum absolute atomic E-state index is 0.252. The quantitative estimate of drug-likeness (QED) is 0.765. The number of amides is 1. The SMILES string of the molecule is Cc1ccc(-c2cc(C(=O)NCc3csc(C4CC4)n3)no2)cc1. The molecule has 1 saturated carbocycles. The van der Waals surface area contributed by atoms with Crippen molar-refractivity contribution in [2.75, 3.05) is 0 Å². The Balaban J connectivity index is 1.39. The van der Waals surface area contributed by atoms with Gasteiger partial charge in [0, 0.05) is 22.9 Å². The van der Waals surface area contributed by atoms with Gasteiger partial charge in [-0.3, -0.25) is 4.79 Å². The van der Waals surface area contributed by atoms with Crippen molar-refractivity contribution in [3.8, 4) is 11.3 Å². The summed E-state index contributed by atoms with van der Waals surface area (Å²) in [5.74, 6) is 0.981. The van der Waals surface area contributed by atoms with Crippen LogP contribution in [0.15, 0.2) is 40.2 Å². The molecule has 1 N–H and O–H groups in total. The molecule has 1 fully saturated rings. The van der Waals surface area contributed by atoms with Crippen molar-refractivity contribution in [2.45, 2.75) is 32.2 Å². The van der Waals surface area contributed by atoms with Crippen LogP contribution in [0.25, 0.3) is 11.3 Å². The molecule has 1 aromatic carbocycles. The molecule has 122 valence electrons. The van der Waals surface area contributed by atoms with E-state index in [2.05, 4.69) is 15.5 Å². The van der Waals surface area contributed by atoms with Crippen LogP contribution in [0, 0.1) is 6.92 Å². The maximum Gasteiger partial charge on any atom is 0.273 e. The van der Waals surface area contributed by atoms with Crippen LogP contribution in [-0.2, 0) is 6.54 Å². The first-order valence-electron chi connectivity index (χ1n) is 7.95. The highest BCUT2D eigenvalue weighted by Crippen LogP contribution is 2.41. The van der Waals surface area contributed by atoms with E-state index in [1.165, 1.54) is 23.4 Å². The van der Waals surface area contributed by atoms with Gasteiger partial charge in [-0.05, 0) is 19.8 Å². The number of hydrogen-bond donors (Lipinski definition) is 1. The highest BCUT2D eigenvalue weighted by Gasteiger charge is 2.26. The zero-order valence-corrected chi connectivity index (χ0v) is 14.1. The van der Waals surface area contributed by atoms with Crippen LogP contribution in [0.3, 0.4) is 0 Å². The van der Waals surface area contributed by atoms with Gasteiger partial charge in [-0.2, -0.15) is 0 Å². The Morgan fingerprint density at radius 3 is 2.88 bits per heavy atom. The molecule has 0 saturated heterocycles. The van der Waals surface area contributed by atoms with Crippen LogP contribution >= 0.6 is 11.3 Å². The standard InChI is InChI=1S/C18H17N3O2S/c1-11-2-4-12(5-3-11)16-8-15(21-23-16)17(22)19-9-14-10-24-18(20-14)13-6-7-13/h2-5,8,10,13H,6-7,9H2,1H3,(H,19,22). The van der Waals surface area contributed by atoms with Crippen LogP contribution in [0.5, 0.6) is 0 Å². The smallest absolute Gasteiger partial charge is 0.273 e. The van der Waals surface area contributed by atoms with Crippen LogP contribution < -0.4 is 5.32 Å². The molecular formula is C18H17N3O2S. The van der Waals surface area contributed by atoms with E-state index in [0.717, 1.165) is 11.3 Å². The molecule has 0 bridgehead atoms. The van der Waals surface area contributed by atoms with Gasteiger partial charge in [0.05, 0.1) is 17.2 Å². The molecular weight excluding hydrogens is 322 g/mol. The van der Waals surface area contributed by atoms with E-state index in [4.69, 9.17) is 4.52 Å². The minimum atomic E-state index is -0.252. The van der Waals surface area contributed by atoms with Gasteiger partial charge in [-0.25, -0.2) is 4.98 Å². The lowest BCUT2D eigenvalue weighted by Crippen LogP contribution is -2.23. The molecule has 5 nitrogen and oxygen atoms in total. The van der Waals surface area contributed by atoms with Crippen molar-refractivity contribution in [2.24, 2.45) is 0 Å². The van der Waals surface area contributed by atoms with E-state index in [1.54, 1.807) is 17.4 Å². The number of thiazole rings is 1. The van der Waals surface area contributed by atoms with Crippen LogP contribution in [-0.4, -0.2) is 16.0 Å². The fourth-order valence-corrected chi connectivity index (χ4v) is 3.41. The maximum absolute atomic E-state index is 12.2. The Labute approximate surface area is 143 Å². The molecule has 2 aromatic heterocycles. The molecule has 0 spiro atoms. The zero-order chi connectivity index (χ0) is 16.5. The lowest BCUT2D eigenvalue weighted by Gasteiger charge is -1.99. The number of carbonyl (C=O) groups is 1. The molecule has 6 heteroatoms. The lowest BCUT2D eigenvalue weighted by atomic mass is 10.1. The average molecular weight is 339 g/mol. The van der Waals surface area contributed by atoms with Gasteiger partial charge < -0.3 is 9.84 Å². The maximum atomic E-state index is 12.2. The zero-order valence-electron chi connectivity index (χ0n) is 13.3. The van der Waals surface area contributed by atoms with Crippen LogP contribution in [0.2, 0.25) is 0 Å². The first kappa shape index (κ1) is 15.1. The van der Waals surface area contributed by atoms with E-state index >= 15 is 0 Å². The third kappa shape index (κ3) is 3.23. The van der Waals surface area contributed by atoms with Gasteiger partial charge in [-0.15, -0.1) is 11.3 Å². The summed E-state index contributed by atoms with van der Waals surface area (Å²) in [5, 5.41) is 9.90. The summed E-state index contributed by atoms with van der Waals surface area (Å²) in [6, 6.07) is 9.56. The van der Waals surface area contributed by atoms with E-state index in [0.29, 0.717) is 18.2 Å². The molecule has 1 aliphatic carbocycles. The first-order valence-corrected chi connectivity index (χ1v) is 8.83. The molecule has 0 aliphatic heterocycles. The van der Waals surface area contributed by atoms with E-state index in [9.17, 15) is 4.79 Å². The summed E-state index contributed by atoms with van der Waals surface area (Å²) in [4.78, 5) is 16.8. The molecule has 4 rings (SSSR count). The van der Waals surface area contributed by atoms with Crippen molar-refractivity contribution < 1.29 is 9.32 Å². The van der Waals surface area contributed by atoms with Gasteiger partial charge in [0.15, 0.2) is 11.5 Å². The molecule has 0 radical (unpaired) electrons. The molecule has 0 unspecified atom stereocenters. The number of aromatic nitrogens is 2. The number of nitrogens with one attached hydrogen (secondary N) is 1. The summed E-state index contributed by atoms with van der Waals surface area (Å²) in [5.41, 5.74) is 3.26. The fourth-order valence-electron chi connectivity index (χ4n) is 2.42. The summed E-state index contributed by atoms with van der Waals surface area (Å²) in [7, 11) is 0. The number of aryl methyl sites for hydroxylation is 1. The third-order valence-corrected chi connectivity index (χ3v) is 5.06. The fraction of sp³-hybridized carbons (Fsp3) is 0.278. The van der Waals surface area contributed by atoms with Crippen molar-refractivity contribution in [3.05, 3.63) is 57.7 Å². The number of hydrogen-bond acceptors (Lipinski definition) is 5. The van der Waals surface area contributed by atoms with Crippen LogP contribution in [0.1, 0.15) is 45.5 Å². The monoisotopic (exact) mass is 339 g/mol. The third-order valence-electron chi connectivity index (χ3n) is 4.01. The van der Waals surface area contributed by atoms with E-state index in [1.807, 2.05) is 36.6 Å². The van der Waals surface area contributed by atoms with Crippen LogP contribution in [0.4, 0.5) is 0 Å².